The van der Waals surface area contributed by atoms with Crippen LogP contribution in [-0.4, -0.2) is 11.7 Å². The van der Waals surface area contributed by atoms with Crippen molar-refractivity contribution in [2.45, 2.75) is 32.8 Å². The third-order valence-corrected chi connectivity index (χ3v) is 4.26. The minimum atomic E-state index is -2.92. The van der Waals surface area contributed by atoms with Crippen molar-refractivity contribution in [1.82, 2.24) is 0 Å². The van der Waals surface area contributed by atoms with Crippen molar-refractivity contribution in [3.63, 3.8) is 0 Å². The van der Waals surface area contributed by atoms with Crippen LogP contribution in [0.2, 0.25) is 5.02 Å². The van der Waals surface area contributed by atoms with Crippen LogP contribution in [0, 0.1) is 0 Å². The first kappa shape index (κ1) is 19.4. The summed E-state index contributed by atoms with van der Waals surface area (Å²) in [7, 11) is 0. The molecule has 0 amide bonds. The van der Waals surface area contributed by atoms with Gasteiger partial charge in [0, 0.05) is 11.4 Å². The van der Waals surface area contributed by atoms with Gasteiger partial charge in [0.2, 0.25) is 0 Å². The van der Waals surface area contributed by atoms with E-state index in [-0.39, 0.29) is 10.8 Å². The lowest BCUT2D eigenvalue weighted by Gasteiger charge is -2.14. The van der Waals surface area contributed by atoms with Crippen LogP contribution in [-0.2, 0) is 0 Å². The van der Waals surface area contributed by atoms with E-state index in [1.165, 1.54) is 17.7 Å². The van der Waals surface area contributed by atoms with Gasteiger partial charge in [-0.15, -0.1) is 0 Å². The van der Waals surface area contributed by atoms with Crippen molar-refractivity contribution < 1.29 is 13.5 Å². The number of thiocarbonyl (C=S) groups is 1. The Bertz CT molecular complexity index is 726. The molecule has 0 unspecified atom stereocenters. The highest BCUT2D eigenvalue weighted by molar-refractivity contribution is 7.80. The van der Waals surface area contributed by atoms with E-state index in [2.05, 4.69) is 41.4 Å². The maximum Gasteiger partial charge on any atom is 0.387 e. The SMILES string of the molecule is CC[C@@H](C)c1ccc(NC(=S)Nc2ccc(OC(F)F)c(Cl)c2)cc1. The summed E-state index contributed by atoms with van der Waals surface area (Å²) in [4.78, 5) is 0. The summed E-state index contributed by atoms with van der Waals surface area (Å²) in [6.07, 6.45) is 1.08. The van der Waals surface area contributed by atoms with Crippen LogP contribution in [0.3, 0.4) is 0 Å². The molecular formula is C18H19ClF2N2OS. The van der Waals surface area contributed by atoms with Crippen molar-refractivity contribution in [3.05, 3.63) is 53.1 Å². The van der Waals surface area contributed by atoms with E-state index >= 15 is 0 Å². The zero-order valence-corrected chi connectivity index (χ0v) is 15.4. The smallest absolute Gasteiger partial charge is 0.387 e. The number of alkyl halides is 2. The third kappa shape index (κ3) is 5.83. The summed E-state index contributed by atoms with van der Waals surface area (Å²) < 4.78 is 28.8. The van der Waals surface area contributed by atoms with Gasteiger partial charge >= 0.3 is 6.61 Å². The molecule has 0 radical (unpaired) electrons. The number of hydrogen-bond donors (Lipinski definition) is 2. The average Bonchev–Trinajstić information content (AvgIpc) is 2.57. The Morgan fingerprint density at radius 3 is 2.28 bits per heavy atom. The molecule has 2 aromatic rings. The number of benzene rings is 2. The van der Waals surface area contributed by atoms with Crippen LogP contribution in [0.5, 0.6) is 5.75 Å². The predicted octanol–water partition coefficient (Wildman–Crippen LogP) is 6.26. The second-order valence-corrected chi connectivity index (χ2v) is 6.35. The molecule has 0 fully saturated rings. The normalized spacial score (nSPS) is 11.9. The van der Waals surface area contributed by atoms with Gasteiger partial charge in [0.25, 0.3) is 0 Å². The first-order valence-corrected chi connectivity index (χ1v) is 8.60. The predicted molar refractivity (Wildman–Crippen MR) is 103 cm³/mol. The lowest BCUT2D eigenvalue weighted by Crippen LogP contribution is -2.19. The Kier molecular flexibility index (Phi) is 6.96. The molecule has 2 N–H and O–H groups in total. The first-order valence-electron chi connectivity index (χ1n) is 7.81. The van der Waals surface area contributed by atoms with E-state index in [0.717, 1.165) is 12.1 Å². The van der Waals surface area contributed by atoms with Crippen molar-refractivity contribution in [1.29, 1.82) is 0 Å². The van der Waals surface area contributed by atoms with E-state index in [4.69, 9.17) is 23.8 Å². The number of anilines is 2. The Hall–Kier alpha value is -1.92. The third-order valence-electron chi connectivity index (χ3n) is 3.76. The van der Waals surface area contributed by atoms with Gasteiger partial charge in [-0.05, 0) is 60.5 Å². The minimum absolute atomic E-state index is 0.0750. The molecule has 0 aliphatic rings. The summed E-state index contributed by atoms with van der Waals surface area (Å²) in [5.41, 5.74) is 2.70. The Labute approximate surface area is 156 Å². The first-order chi connectivity index (χ1) is 11.9. The van der Waals surface area contributed by atoms with Gasteiger partial charge in [-0.1, -0.05) is 37.6 Å². The Morgan fingerprint density at radius 1 is 1.12 bits per heavy atom. The molecule has 0 aliphatic carbocycles. The topological polar surface area (TPSA) is 33.3 Å². The molecule has 2 aromatic carbocycles. The van der Waals surface area contributed by atoms with Gasteiger partial charge in [-0.2, -0.15) is 8.78 Å². The van der Waals surface area contributed by atoms with E-state index < -0.39 is 6.61 Å². The summed E-state index contributed by atoms with van der Waals surface area (Å²) in [6, 6.07) is 12.4. The number of ether oxygens (including phenoxy) is 1. The Balaban J connectivity index is 1.97. The van der Waals surface area contributed by atoms with Crippen LogP contribution < -0.4 is 15.4 Å². The summed E-state index contributed by atoms with van der Waals surface area (Å²) in [5, 5.41) is 6.47. The summed E-state index contributed by atoms with van der Waals surface area (Å²) in [6.45, 7) is 1.41. The van der Waals surface area contributed by atoms with E-state index in [1.54, 1.807) is 6.07 Å². The van der Waals surface area contributed by atoms with Crippen molar-refractivity contribution >= 4 is 40.3 Å². The van der Waals surface area contributed by atoms with Crippen molar-refractivity contribution in [3.8, 4) is 5.75 Å². The van der Waals surface area contributed by atoms with Gasteiger partial charge in [-0.25, -0.2) is 0 Å². The maximum atomic E-state index is 12.2. The molecular weight excluding hydrogens is 366 g/mol. The average molecular weight is 385 g/mol. The molecule has 0 saturated carbocycles. The van der Waals surface area contributed by atoms with Gasteiger partial charge < -0.3 is 15.4 Å². The number of hydrogen-bond acceptors (Lipinski definition) is 2. The van der Waals surface area contributed by atoms with Crippen LogP contribution >= 0.6 is 23.8 Å². The van der Waals surface area contributed by atoms with E-state index in [1.807, 2.05) is 12.1 Å². The molecule has 0 heterocycles. The van der Waals surface area contributed by atoms with Gasteiger partial charge in [0.05, 0.1) is 5.02 Å². The molecule has 0 saturated heterocycles. The zero-order chi connectivity index (χ0) is 18.4. The largest absolute Gasteiger partial charge is 0.433 e. The van der Waals surface area contributed by atoms with Crippen LogP contribution in [0.4, 0.5) is 20.2 Å². The summed E-state index contributed by atoms with van der Waals surface area (Å²) in [5.74, 6) is 0.428. The molecule has 134 valence electrons. The second-order valence-electron chi connectivity index (χ2n) is 5.53. The Morgan fingerprint density at radius 2 is 1.72 bits per heavy atom. The molecule has 25 heavy (non-hydrogen) atoms. The standard InChI is InChI=1S/C18H19ClF2N2OS/c1-3-11(2)12-4-6-13(7-5-12)22-18(25)23-14-8-9-16(15(19)10-14)24-17(20)21/h4-11,17H,3H2,1-2H3,(H2,22,23,25)/t11-/m1/s1. The van der Waals surface area contributed by atoms with Crippen LogP contribution in [0.1, 0.15) is 31.7 Å². The number of halogens is 3. The fraction of sp³-hybridized carbons (Fsp3) is 0.278. The molecule has 0 aromatic heterocycles. The quantitative estimate of drug-likeness (QED) is 0.575. The van der Waals surface area contributed by atoms with Gasteiger partial charge in [0.1, 0.15) is 5.75 Å². The van der Waals surface area contributed by atoms with Crippen LogP contribution in [0.25, 0.3) is 0 Å². The molecule has 0 aliphatic heterocycles. The van der Waals surface area contributed by atoms with Crippen LogP contribution in [0.15, 0.2) is 42.5 Å². The van der Waals surface area contributed by atoms with Gasteiger partial charge in [-0.3, -0.25) is 0 Å². The maximum absolute atomic E-state index is 12.2. The van der Waals surface area contributed by atoms with E-state index in [0.29, 0.717) is 16.7 Å². The molecule has 2 rings (SSSR count). The lowest BCUT2D eigenvalue weighted by molar-refractivity contribution is -0.0497. The van der Waals surface area contributed by atoms with Gasteiger partial charge in [0.15, 0.2) is 5.11 Å². The van der Waals surface area contributed by atoms with Crippen molar-refractivity contribution in [2.75, 3.05) is 10.6 Å². The summed E-state index contributed by atoms with van der Waals surface area (Å²) >= 11 is 11.2. The molecule has 1 atom stereocenters. The molecule has 0 spiro atoms. The van der Waals surface area contributed by atoms with E-state index in [9.17, 15) is 8.78 Å². The fourth-order valence-corrected chi connectivity index (χ4v) is 2.66. The number of nitrogens with one attached hydrogen (secondary N) is 2. The molecule has 7 heteroatoms. The molecule has 0 bridgehead atoms. The lowest BCUT2D eigenvalue weighted by atomic mass is 9.99. The minimum Gasteiger partial charge on any atom is -0.433 e. The highest BCUT2D eigenvalue weighted by Gasteiger charge is 2.10. The molecule has 3 nitrogen and oxygen atoms in total. The van der Waals surface area contributed by atoms with Crippen molar-refractivity contribution in [2.24, 2.45) is 0 Å². The number of rotatable bonds is 6. The second kappa shape index (κ2) is 8.97. The highest BCUT2D eigenvalue weighted by Crippen LogP contribution is 2.29. The fourth-order valence-electron chi connectivity index (χ4n) is 2.19. The highest BCUT2D eigenvalue weighted by atomic mass is 35.5. The monoisotopic (exact) mass is 384 g/mol. The zero-order valence-electron chi connectivity index (χ0n) is 13.9.